The van der Waals surface area contributed by atoms with Crippen molar-refractivity contribution in [3.05, 3.63) is 174 Å². The average molecular weight is 610 g/mol. The Balaban J connectivity index is 1.52. The van der Waals surface area contributed by atoms with Crippen molar-refractivity contribution in [2.24, 2.45) is 0 Å². The Kier molecular flexibility index (Phi) is 9.37. The Labute approximate surface area is 267 Å². The van der Waals surface area contributed by atoms with Gasteiger partial charge in [-0.2, -0.15) is 25.3 Å². The second kappa shape index (κ2) is 13.7. The molecule has 0 aliphatic rings. The van der Waals surface area contributed by atoms with E-state index in [0.29, 0.717) is 11.5 Å². The highest BCUT2D eigenvalue weighted by Gasteiger charge is 2.41. The van der Waals surface area contributed by atoms with Crippen molar-refractivity contribution in [2.75, 3.05) is 0 Å². The molecule has 0 bridgehead atoms. The molecule has 0 aliphatic carbocycles. The molecule has 0 atom stereocenters. The predicted molar refractivity (Wildman–Crippen MR) is 192 cm³/mol. The van der Waals surface area contributed by atoms with Crippen LogP contribution >= 0.6 is 25.3 Å². The lowest BCUT2D eigenvalue weighted by Gasteiger charge is -2.35. The van der Waals surface area contributed by atoms with Crippen LogP contribution in [0.1, 0.15) is 28.1 Å². The summed E-state index contributed by atoms with van der Waals surface area (Å²) in [7, 11) is -0.307. The number of hydrogen-bond acceptors (Lipinski definition) is 3. The van der Waals surface area contributed by atoms with Gasteiger partial charge in [0.05, 0.1) is 5.72 Å². The molecule has 43 heavy (non-hydrogen) atoms. The zero-order chi connectivity index (χ0) is 29.5. The Morgan fingerprint density at radius 1 is 0.605 bits per heavy atom. The maximum Gasteiger partial charge on any atom is 0.215 e. The maximum atomic E-state index is 4.94. The molecule has 0 saturated carbocycles. The molecule has 0 fully saturated rings. The largest absolute Gasteiger partial charge is 0.345 e. The van der Waals surface area contributed by atoms with Gasteiger partial charge in [0.15, 0.2) is 8.07 Å². The number of imidazole rings is 1. The van der Waals surface area contributed by atoms with E-state index in [1.54, 1.807) is 0 Å². The Morgan fingerprint density at radius 3 is 1.60 bits per heavy atom. The van der Waals surface area contributed by atoms with E-state index < -0.39 is 8.07 Å². The van der Waals surface area contributed by atoms with E-state index in [0.717, 1.165) is 11.9 Å². The number of rotatable bonds is 11. The molecule has 211 valence electrons. The fourth-order valence-electron chi connectivity index (χ4n) is 6.09. The normalized spacial score (nSPS) is 11.5. The fourth-order valence-corrected chi connectivity index (χ4v) is 11.2. The van der Waals surface area contributed by atoms with Gasteiger partial charge in [-0.05, 0) is 43.6 Å². The highest BCUT2D eigenvalue weighted by molar-refractivity contribution is 7.79. The molecule has 6 rings (SSSR count). The smallest absolute Gasteiger partial charge is 0.215 e. The summed E-state index contributed by atoms with van der Waals surface area (Å²) >= 11 is 9.31. The monoisotopic (exact) mass is 609 g/mol. The zero-order valence-corrected chi connectivity index (χ0v) is 26.8. The molecule has 2 nitrogen and oxygen atoms in total. The highest BCUT2D eigenvalue weighted by atomic mass is 32.1. The SMILES string of the molecule is SCc1cccc([Si](Cn2ccnc2[B]C(c2ccccc2)c2ccccc2)(c2ccccc2)c2cccc(CS)c2)c1. The average Bonchev–Trinajstić information content (AvgIpc) is 3.53. The van der Waals surface area contributed by atoms with Gasteiger partial charge in [0.25, 0.3) is 0 Å². The zero-order valence-electron chi connectivity index (χ0n) is 24.0. The van der Waals surface area contributed by atoms with Crippen LogP contribution in [0.25, 0.3) is 0 Å². The van der Waals surface area contributed by atoms with Crippen molar-refractivity contribution in [1.29, 1.82) is 0 Å². The van der Waals surface area contributed by atoms with E-state index in [2.05, 4.69) is 183 Å². The van der Waals surface area contributed by atoms with Crippen molar-refractivity contribution >= 4 is 61.9 Å². The summed E-state index contributed by atoms with van der Waals surface area (Å²) in [5.41, 5.74) is 5.92. The third kappa shape index (κ3) is 6.33. The summed E-state index contributed by atoms with van der Waals surface area (Å²) in [6.45, 7) is 0. The quantitative estimate of drug-likeness (QED) is 0.112. The van der Waals surface area contributed by atoms with Crippen LogP contribution in [-0.4, -0.2) is 24.9 Å². The van der Waals surface area contributed by atoms with Crippen LogP contribution in [0, 0.1) is 0 Å². The third-order valence-corrected chi connectivity index (χ3v) is 13.7. The lowest BCUT2D eigenvalue weighted by molar-refractivity contribution is 0.889. The van der Waals surface area contributed by atoms with Crippen molar-refractivity contribution in [3.8, 4) is 0 Å². The molecule has 6 heteroatoms. The molecular formula is C37H34BN2S2Si. The molecule has 0 N–H and O–H groups in total. The minimum absolute atomic E-state index is 0.0800. The van der Waals surface area contributed by atoms with Gasteiger partial charge in [-0.25, -0.2) is 0 Å². The van der Waals surface area contributed by atoms with Crippen molar-refractivity contribution in [1.82, 2.24) is 9.55 Å². The molecule has 1 radical (unpaired) electrons. The van der Waals surface area contributed by atoms with Gasteiger partial charge in [-0.3, -0.25) is 4.98 Å². The van der Waals surface area contributed by atoms with Crippen molar-refractivity contribution in [3.63, 3.8) is 0 Å². The number of benzene rings is 5. The van der Waals surface area contributed by atoms with Crippen LogP contribution in [0.2, 0.25) is 0 Å². The van der Waals surface area contributed by atoms with Gasteiger partial charge in [-0.1, -0.05) is 140 Å². The van der Waals surface area contributed by atoms with Crippen LogP contribution in [0.3, 0.4) is 0 Å². The van der Waals surface area contributed by atoms with Crippen molar-refractivity contribution < 1.29 is 0 Å². The summed E-state index contributed by atoms with van der Waals surface area (Å²) < 4.78 is 2.37. The molecule has 1 aromatic heterocycles. The van der Waals surface area contributed by atoms with Gasteiger partial charge in [-0.15, -0.1) is 0 Å². The van der Waals surface area contributed by atoms with Crippen LogP contribution in [0.15, 0.2) is 152 Å². The third-order valence-electron chi connectivity index (χ3n) is 8.26. The second-order valence-electron chi connectivity index (χ2n) is 10.9. The Hall–Kier alpha value is -3.71. The second-order valence-corrected chi connectivity index (χ2v) is 15.4. The highest BCUT2D eigenvalue weighted by Crippen LogP contribution is 2.23. The minimum atomic E-state index is -2.63. The van der Waals surface area contributed by atoms with Gasteiger partial charge in [0.2, 0.25) is 7.28 Å². The standard InChI is InChI=1S/C37H34BN2S2Si/c41-26-29-12-10-20-34(24-29)43(33-18-8-3-9-19-33,35-21-11-13-30(25-35)27-42)28-40-23-22-39-37(40)38-36(31-14-4-1-5-15-31)32-16-6-2-7-17-32/h1-25,36,41-42H,26-28H2. The molecule has 6 aromatic rings. The fraction of sp³-hybridized carbons (Fsp3) is 0.108. The summed E-state index contributed by atoms with van der Waals surface area (Å²) in [6, 6.07) is 50.6. The summed E-state index contributed by atoms with van der Waals surface area (Å²) in [5, 5.41) is 4.10. The van der Waals surface area contributed by atoms with Gasteiger partial charge in [0.1, 0.15) is 0 Å². The lowest BCUT2D eigenvalue weighted by Crippen LogP contribution is -2.70. The minimum Gasteiger partial charge on any atom is -0.345 e. The van der Waals surface area contributed by atoms with E-state index in [1.807, 2.05) is 6.20 Å². The molecule has 0 aliphatic heterocycles. The Bertz CT molecular complexity index is 1670. The van der Waals surface area contributed by atoms with Gasteiger partial charge < -0.3 is 4.57 Å². The Morgan fingerprint density at radius 2 is 1.09 bits per heavy atom. The summed E-state index contributed by atoms with van der Waals surface area (Å²) in [6.07, 6.45) is 4.90. The predicted octanol–water partition coefficient (Wildman–Crippen LogP) is 5.57. The first-order chi connectivity index (χ1) is 21.2. The molecule has 1 heterocycles. The van der Waals surface area contributed by atoms with E-state index >= 15 is 0 Å². The maximum absolute atomic E-state index is 4.94. The van der Waals surface area contributed by atoms with Crippen LogP contribution in [-0.2, 0) is 17.7 Å². The lowest BCUT2D eigenvalue weighted by atomic mass is 9.58. The first-order valence-electron chi connectivity index (χ1n) is 14.6. The molecule has 0 spiro atoms. The van der Waals surface area contributed by atoms with Crippen LogP contribution < -0.4 is 21.3 Å². The van der Waals surface area contributed by atoms with Crippen LogP contribution in [0.4, 0.5) is 0 Å². The van der Waals surface area contributed by atoms with Gasteiger partial charge >= 0.3 is 0 Å². The van der Waals surface area contributed by atoms with E-state index in [4.69, 9.17) is 4.98 Å². The van der Waals surface area contributed by atoms with E-state index in [1.165, 1.54) is 37.8 Å². The number of thiol groups is 2. The molecule has 0 amide bonds. The molecule has 0 unspecified atom stereocenters. The summed E-state index contributed by atoms with van der Waals surface area (Å²) in [4.78, 5) is 4.94. The van der Waals surface area contributed by atoms with E-state index in [9.17, 15) is 0 Å². The molecular weight excluding hydrogens is 575 g/mol. The van der Waals surface area contributed by atoms with Crippen LogP contribution in [0.5, 0.6) is 0 Å². The summed E-state index contributed by atoms with van der Waals surface area (Å²) in [5.74, 6) is 1.48. The van der Waals surface area contributed by atoms with Crippen molar-refractivity contribution in [2.45, 2.75) is 23.5 Å². The van der Waals surface area contributed by atoms with E-state index in [-0.39, 0.29) is 5.82 Å². The molecule has 5 aromatic carbocycles. The number of nitrogens with zero attached hydrogens (tertiary/aromatic N) is 2. The number of hydrogen-bond donors (Lipinski definition) is 2. The molecule has 0 saturated heterocycles. The first kappa shape index (κ1) is 29.4. The van der Waals surface area contributed by atoms with Gasteiger partial charge in [0, 0.05) is 30.1 Å². The first-order valence-corrected chi connectivity index (χ1v) is 18.1. The number of aromatic nitrogens is 2. The topological polar surface area (TPSA) is 17.8 Å².